The topological polar surface area (TPSA) is 81.2 Å². The molecular formula is C40H44N4O4S2. The van der Waals surface area contributed by atoms with E-state index in [0.717, 1.165) is 22.3 Å². The van der Waals surface area contributed by atoms with Crippen LogP contribution in [0.5, 0.6) is 0 Å². The van der Waals surface area contributed by atoms with Crippen LogP contribution in [-0.4, -0.2) is 92.4 Å². The number of hydrogen-bond acceptors (Lipinski definition) is 6. The van der Waals surface area contributed by atoms with Crippen LogP contribution in [0.15, 0.2) is 121 Å². The Balaban J connectivity index is 1.38. The van der Waals surface area contributed by atoms with Crippen LogP contribution in [0, 0.1) is 0 Å². The second-order valence-corrected chi connectivity index (χ2v) is 14.2. The van der Waals surface area contributed by atoms with Crippen LogP contribution in [-0.2, 0) is 45.4 Å². The Labute approximate surface area is 303 Å². The Hall–Kier alpha value is -4.54. The van der Waals surface area contributed by atoms with Gasteiger partial charge < -0.3 is 19.6 Å². The van der Waals surface area contributed by atoms with Crippen molar-refractivity contribution in [2.24, 2.45) is 0 Å². The van der Waals surface area contributed by atoms with E-state index in [9.17, 15) is 19.2 Å². The van der Waals surface area contributed by atoms with Crippen molar-refractivity contribution >= 4 is 47.2 Å². The van der Waals surface area contributed by atoms with E-state index in [-0.39, 0.29) is 46.6 Å². The minimum atomic E-state index is -0.0801. The molecule has 1 fully saturated rings. The quantitative estimate of drug-likeness (QED) is 0.238. The zero-order valence-corrected chi connectivity index (χ0v) is 29.9. The summed E-state index contributed by atoms with van der Waals surface area (Å²) in [6.45, 7) is 2.99. The van der Waals surface area contributed by atoms with Gasteiger partial charge >= 0.3 is 0 Å². The van der Waals surface area contributed by atoms with Crippen molar-refractivity contribution in [2.75, 3.05) is 49.2 Å². The fourth-order valence-electron chi connectivity index (χ4n) is 5.68. The lowest BCUT2D eigenvalue weighted by Gasteiger charge is -2.30. The molecule has 4 aromatic rings. The number of amides is 4. The summed E-state index contributed by atoms with van der Waals surface area (Å²) in [6, 6.07) is 39.2. The van der Waals surface area contributed by atoms with Gasteiger partial charge in [0, 0.05) is 52.4 Å². The number of rotatable bonds is 8. The molecule has 0 atom stereocenters. The fraction of sp³-hybridized carbons (Fsp3) is 0.300. The zero-order chi connectivity index (χ0) is 35.0. The maximum Gasteiger partial charge on any atom is 0.232 e. The van der Waals surface area contributed by atoms with E-state index in [1.165, 1.54) is 23.5 Å². The molecule has 0 aromatic heterocycles. The first-order valence-electron chi connectivity index (χ1n) is 16.9. The third kappa shape index (κ3) is 11.8. The summed E-state index contributed by atoms with van der Waals surface area (Å²) in [4.78, 5) is 62.0. The molecule has 0 saturated carbocycles. The number of carbonyl (C=O) groups is 4. The molecule has 4 aromatic carbocycles. The maximum absolute atomic E-state index is 13.7. The fourth-order valence-corrected chi connectivity index (χ4v) is 7.32. The average Bonchev–Trinajstić information content (AvgIpc) is 3.14. The van der Waals surface area contributed by atoms with Crippen molar-refractivity contribution in [2.45, 2.75) is 26.2 Å². The highest BCUT2D eigenvalue weighted by molar-refractivity contribution is 8.00. The van der Waals surface area contributed by atoms with Crippen molar-refractivity contribution < 1.29 is 19.2 Å². The smallest absolute Gasteiger partial charge is 0.232 e. The first kappa shape index (κ1) is 36.7. The van der Waals surface area contributed by atoms with E-state index in [2.05, 4.69) is 0 Å². The van der Waals surface area contributed by atoms with Gasteiger partial charge in [0.15, 0.2) is 0 Å². The molecule has 8 nitrogen and oxygen atoms in total. The Morgan fingerprint density at radius 3 is 0.740 bits per heavy atom. The molecule has 1 saturated heterocycles. The SMILES string of the molecule is O=C1CSCC(=O)N(Cc2ccccc2)CCN(Cc2ccccc2)C(=O)CSCC(=O)N(Cc2ccccc2)CCN1Cc1ccccc1. The monoisotopic (exact) mass is 708 g/mol. The largest absolute Gasteiger partial charge is 0.336 e. The lowest BCUT2D eigenvalue weighted by atomic mass is 10.2. The number of nitrogens with zero attached hydrogens (tertiary/aromatic N) is 4. The van der Waals surface area contributed by atoms with Gasteiger partial charge in [-0.3, -0.25) is 19.2 Å². The van der Waals surface area contributed by atoms with E-state index >= 15 is 0 Å². The Morgan fingerprint density at radius 1 is 0.340 bits per heavy atom. The van der Waals surface area contributed by atoms with Crippen molar-refractivity contribution in [3.8, 4) is 0 Å². The molecule has 50 heavy (non-hydrogen) atoms. The van der Waals surface area contributed by atoms with Gasteiger partial charge in [0.1, 0.15) is 0 Å². The number of carbonyl (C=O) groups excluding carboxylic acids is 4. The maximum atomic E-state index is 13.7. The zero-order valence-electron chi connectivity index (χ0n) is 28.3. The molecule has 0 aliphatic carbocycles. The highest BCUT2D eigenvalue weighted by atomic mass is 32.2. The molecule has 1 heterocycles. The summed E-state index contributed by atoms with van der Waals surface area (Å²) < 4.78 is 0. The van der Waals surface area contributed by atoms with E-state index in [1.54, 1.807) is 19.6 Å². The predicted octanol–water partition coefficient (Wildman–Crippen LogP) is 5.58. The van der Waals surface area contributed by atoms with Gasteiger partial charge in [0.25, 0.3) is 0 Å². The molecule has 10 heteroatoms. The number of hydrogen-bond donors (Lipinski definition) is 0. The van der Waals surface area contributed by atoms with Gasteiger partial charge in [-0.1, -0.05) is 121 Å². The minimum absolute atomic E-state index is 0.0801. The lowest BCUT2D eigenvalue weighted by molar-refractivity contribution is -0.133. The van der Waals surface area contributed by atoms with Gasteiger partial charge in [-0.05, 0) is 22.3 Å². The van der Waals surface area contributed by atoms with Crippen molar-refractivity contribution in [3.63, 3.8) is 0 Å². The van der Waals surface area contributed by atoms with Gasteiger partial charge in [0.05, 0.1) is 23.0 Å². The minimum Gasteiger partial charge on any atom is -0.336 e. The summed E-state index contributed by atoms with van der Waals surface area (Å²) in [5.41, 5.74) is 3.97. The van der Waals surface area contributed by atoms with Gasteiger partial charge in [-0.15, -0.1) is 23.5 Å². The van der Waals surface area contributed by atoms with Crippen molar-refractivity contribution in [1.82, 2.24) is 19.6 Å². The molecule has 0 radical (unpaired) electrons. The Morgan fingerprint density at radius 2 is 0.540 bits per heavy atom. The van der Waals surface area contributed by atoms with E-state index in [4.69, 9.17) is 0 Å². The third-order valence-electron chi connectivity index (χ3n) is 8.46. The molecule has 0 N–H and O–H groups in total. The summed E-state index contributed by atoms with van der Waals surface area (Å²) in [7, 11) is 0. The molecule has 1 aliphatic heterocycles. The van der Waals surface area contributed by atoms with E-state index in [0.29, 0.717) is 52.4 Å². The Bertz CT molecular complexity index is 1410. The van der Waals surface area contributed by atoms with Gasteiger partial charge in [-0.2, -0.15) is 0 Å². The summed E-state index contributed by atoms with van der Waals surface area (Å²) in [5, 5.41) is 0. The number of benzene rings is 4. The summed E-state index contributed by atoms with van der Waals surface area (Å²) in [6.07, 6.45) is 0. The first-order valence-corrected chi connectivity index (χ1v) is 19.2. The second kappa shape index (κ2) is 19.6. The van der Waals surface area contributed by atoms with Crippen molar-refractivity contribution in [3.05, 3.63) is 144 Å². The molecule has 5 rings (SSSR count). The molecule has 4 amide bonds. The average molecular weight is 709 g/mol. The van der Waals surface area contributed by atoms with Crippen LogP contribution in [0.2, 0.25) is 0 Å². The number of thioether (sulfide) groups is 2. The molecule has 0 unspecified atom stereocenters. The van der Waals surface area contributed by atoms with Crippen LogP contribution in [0.3, 0.4) is 0 Å². The second-order valence-electron chi connectivity index (χ2n) is 12.2. The molecule has 0 bridgehead atoms. The normalized spacial score (nSPS) is 16.3. The van der Waals surface area contributed by atoms with Gasteiger partial charge in [0.2, 0.25) is 23.6 Å². The summed E-state index contributed by atoms with van der Waals surface area (Å²) >= 11 is 2.60. The predicted molar refractivity (Wildman–Crippen MR) is 202 cm³/mol. The third-order valence-corrected chi connectivity index (χ3v) is 10.3. The molecule has 1 aliphatic rings. The van der Waals surface area contributed by atoms with Gasteiger partial charge in [-0.25, -0.2) is 0 Å². The first-order chi connectivity index (χ1) is 24.4. The van der Waals surface area contributed by atoms with Crippen LogP contribution in [0.1, 0.15) is 22.3 Å². The highest BCUT2D eigenvalue weighted by Gasteiger charge is 2.23. The van der Waals surface area contributed by atoms with E-state index in [1.807, 2.05) is 121 Å². The molecular weight excluding hydrogens is 665 g/mol. The van der Waals surface area contributed by atoms with Crippen LogP contribution < -0.4 is 0 Å². The molecule has 260 valence electrons. The Kier molecular flexibility index (Phi) is 14.4. The highest BCUT2D eigenvalue weighted by Crippen LogP contribution is 2.16. The standard InChI is InChI=1S/C40H44N4O4S2/c45-37-29-49-30-39(47)43(27-35-17-9-3-10-18-35)23-24-44(28-36-19-11-4-12-20-36)40(48)32-50-31-38(46)42(26-34-15-7-2-8-16-34)22-21-41(37)25-33-13-5-1-6-14-33/h1-20H,21-32H2. The van der Waals surface area contributed by atoms with E-state index < -0.39 is 0 Å². The van der Waals surface area contributed by atoms with Crippen LogP contribution in [0.25, 0.3) is 0 Å². The lowest BCUT2D eigenvalue weighted by Crippen LogP contribution is -2.43. The van der Waals surface area contributed by atoms with Crippen LogP contribution in [0.4, 0.5) is 0 Å². The van der Waals surface area contributed by atoms with Crippen LogP contribution >= 0.6 is 23.5 Å². The molecule has 0 spiro atoms. The summed E-state index contributed by atoms with van der Waals surface area (Å²) in [5.74, 6) is 0.231. The van der Waals surface area contributed by atoms with Crippen molar-refractivity contribution in [1.29, 1.82) is 0 Å².